The molecule has 0 aromatic carbocycles. The van der Waals surface area contributed by atoms with Crippen molar-refractivity contribution in [2.45, 2.75) is 86.7 Å². The third-order valence-corrected chi connectivity index (χ3v) is 9.40. The van der Waals surface area contributed by atoms with Crippen LogP contribution in [0.5, 0.6) is 0 Å². The topological polar surface area (TPSA) is 224 Å². The van der Waals surface area contributed by atoms with E-state index in [1.165, 1.54) is 7.11 Å². The van der Waals surface area contributed by atoms with Crippen molar-refractivity contribution in [3.05, 3.63) is 0 Å². The van der Waals surface area contributed by atoms with Crippen LogP contribution in [-0.2, 0) is 23.7 Å². The van der Waals surface area contributed by atoms with E-state index in [1.807, 2.05) is 6.92 Å². The molecule has 10 N–H and O–H groups in total. The lowest BCUT2D eigenvalue weighted by Gasteiger charge is -2.44. The van der Waals surface area contributed by atoms with E-state index in [9.17, 15) is 35.7 Å². The minimum Gasteiger partial charge on any atom is -0.394 e. The van der Waals surface area contributed by atoms with Crippen LogP contribution in [0.3, 0.4) is 0 Å². The molecule has 262 valence electrons. The van der Waals surface area contributed by atoms with E-state index < -0.39 is 78.8 Å². The van der Waals surface area contributed by atoms with Gasteiger partial charge in [0.25, 0.3) is 0 Å². The fourth-order valence-corrected chi connectivity index (χ4v) is 6.66. The van der Waals surface area contributed by atoms with Gasteiger partial charge in [-0.3, -0.25) is 0 Å². The third kappa shape index (κ3) is 9.95. The van der Waals surface area contributed by atoms with Gasteiger partial charge in [-0.05, 0) is 34.0 Å². The summed E-state index contributed by atoms with van der Waals surface area (Å²) in [5, 5.41) is 81.5. The molecule has 15 nitrogen and oxygen atoms in total. The number of hydrogen-bond acceptors (Lipinski definition) is 15. The Bertz CT molecular complexity index is 756. The molecule has 0 radical (unpaired) electrons. The highest BCUT2D eigenvalue weighted by atomic mass is 16.6. The number of aliphatic hydroxyl groups is 7. The Hall–Kier alpha value is -0.600. The Morgan fingerprint density at radius 3 is 1.86 bits per heavy atom. The predicted molar refractivity (Wildman–Crippen MR) is 160 cm³/mol. The SMILES string of the molecule is CCC1C(CO)OC(COCC(C(CO)OC)C(O)C(CCOCC2C(CO)OC(CO)C(NC)C2O)NC)C(NC)C1O. The van der Waals surface area contributed by atoms with Gasteiger partial charge in [-0.25, -0.2) is 0 Å². The summed E-state index contributed by atoms with van der Waals surface area (Å²) in [6.07, 6.45) is -4.82. The number of nitrogens with one attached hydrogen (secondary N) is 3. The second-order valence-corrected chi connectivity index (χ2v) is 11.7. The molecule has 0 amide bonds. The van der Waals surface area contributed by atoms with Gasteiger partial charge in [-0.15, -0.1) is 0 Å². The van der Waals surface area contributed by atoms with Crippen molar-refractivity contribution in [3.8, 4) is 0 Å². The summed E-state index contributed by atoms with van der Waals surface area (Å²) < 4.78 is 29.2. The molecule has 44 heavy (non-hydrogen) atoms. The molecular weight excluding hydrogens is 582 g/mol. The zero-order chi connectivity index (χ0) is 32.8. The fraction of sp³-hybridized carbons (Fsp3) is 1.00. The quantitative estimate of drug-likeness (QED) is 0.0540. The van der Waals surface area contributed by atoms with E-state index in [4.69, 9.17) is 23.7 Å². The summed E-state index contributed by atoms with van der Waals surface area (Å²) >= 11 is 0. The van der Waals surface area contributed by atoms with Gasteiger partial charge in [0, 0.05) is 37.5 Å². The zero-order valence-electron chi connectivity index (χ0n) is 26.8. The van der Waals surface area contributed by atoms with E-state index in [0.29, 0.717) is 12.8 Å². The summed E-state index contributed by atoms with van der Waals surface area (Å²) in [5.74, 6) is -1.40. The molecule has 2 aliphatic rings. The van der Waals surface area contributed by atoms with Crippen LogP contribution >= 0.6 is 0 Å². The van der Waals surface area contributed by atoms with Crippen LogP contribution in [0.4, 0.5) is 0 Å². The van der Waals surface area contributed by atoms with E-state index >= 15 is 0 Å². The number of rotatable bonds is 21. The molecule has 2 fully saturated rings. The third-order valence-electron chi connectivity index (χ3n) is 9.40. The fourth-order valence-electron chi connectivity index (χ4n) is 6.66. The molecule has 0 aromatic rings. The molecule has 0 aliphatic carbocycles. The lowest BCUT2D eigenvalue weighted by molar-refractivity contribution is -0.188. The van der Waals surface area contributed by atoms with E-state index in [-0.39, 0.29) is 58.8 Å². The highest BCUT2D eigenvalue weighted by molar-refractivity contribution is 4.96. The van der Waals surface area contributed by atoms with Crippen molar-refractivity contribution >= 4 is 0 Å². The van der Waals surface area contributed by atoms with E-state index in [0.717, 1.165) is 0 Å². The van der Waals surface area contributed by atoms with Gasteiger partial charge in [0.15, 0.2) is 0 Å². The molecule has 0 aromatic heterocycles. The summed E-state index contributed by atoms with van der Waals surface area (Å²) in [4.78, 5) is 0. The van der Waals surface area contributed by atoms with E-state index in [1.54, 1.807) is 21.1 Å². The van der Waals surface area contributed by atoms with Crippen molar-refractivity contribution in [2.75, 3.05) is 81.1 Å². The van der Waals surface area contributed by atoms with Crippen molar-refractivity contribution in [1.29, 1.82) is 0 Å². The lowest BCUT2D eigenvalue weighted by atomic mass is 9.83. The number of likely N-dealkylation sites (N-methyl/N-ethyl adjacent to an activating group) is 3. The van der Waals surface area contributed by atoms with Crippen molar-refractivity contribution in [3.63, 3.8) is 0 Å². The van der Waals surface area contributed by atoms with Crippen LogP contribution in [-0.4, -0.2) is 184 Å². The zero-order valence-corrected chi connectivity index (χ0v) is 26.8. The molecule has 15 heteroatoms. The highest BCUT2D eigenvalue weighted by Crippen LogP contribution is 2.29. The van der Waals surface area contributed by atoms with Crippen LogP contribution in [0.2, 0.25) is 0 Å². The Kier molecular flexibility index (Phi) is 18.5. The average molecular weight is 642 g/mol. The van der Waals surface area contributed by atoms with Crippen LogP contribution in [0.15, 0.2) is 0 Å². The van der Waals surface area contributed by atoms with Crippen LogP contribution in [0, 0.1) is 17.8 Å². The summed E-state index contributed by atoms with van der Waals surface area (Å²) in [7, 11) is 6.54. The van der Waals surface area contributed by atoms with E-state index in [2.05, 4.69) is 16.0 Å². The van der Waals surface area contributed by atoms with Crippen molar-refractivity contribution in [2.24, 2.45) is 17.8 Å². The van der Waals surface area contributed by atoms with Crippen molar-refractivity contribution in [1.82, 2.24) is 16.0 Å². The first-order valence-electron chi connectivity index (χ1n) is 15.7. The minimum absolute atomic E-state index is 0.0217. The molecular formula is C29H59N3O12. The van der Waals surface area contributed by atoms with Gasteiger partial charge >= 0.3 is 0 Å². The van der Waals surface area contributed by atoms with Gasteiger partial charge in [-0.1, -0.05) is 6.92 Å². The first-order valence-corrected chi connectivity index (χ1v) is 15.7. The lowest BCUT2D eigenvalue weighted by Crippen LogP contribution is -2.62. The largest absolute Gasteiger partial charge is 0.394 e. The number of methoxy groups -OCH3 is 1. The molecule has 2 heterocycles. The standard InChI is InChI=1S/C29H59N3O12/c1-6-16-21(10-34)44-24(26(32-4)28(16)38)15-42-14-17(20(9-33)40-5)27(37)19(30-2)7-8-41-13-18-22(11-35)43-23(12-36)25(31-3)29(18)39/h16-39H,6-15H2,1-5H3. The van der Waals surface area contributed by atoms with Gasteiger partial charge < -0.3 is 75.4 Å². The monoisotopic (exact) mass is 641 g/mol. The first-order chi connectivity index (χ1) is 21.2. The first kappa shape index (κ1) is 39.6. The maximum atomic E-state index is 11.4. The van der Waals surface area contributed by atoms with Gasteiger partial charge in [-0.2, -0.15) is 0 Å². The molecule has 0 bridgehead atoms. The van der Waals surface area contributed by atoms with Crippen LogP contribution < -0.4 is 16.0 Å². The second kappa shape index (κ2) is 20.6. The normalized spacial score (nSPS) is 35.7. The van der Waals surface area contributed by atoms with Crippen LogP contribution in [0.1, 0.15) is 19.8 Å². The summed E-state index contributed by atoms with van der Waals surface area (Å²) in [6, 6.07) is -1.41. The Morgan fingerprint density at radius 2 is 1.34 bits per heavy atom. The second-order valence-electron chi connectivity index (χ2n) is 11.7. The molecule has 2 rings (SSSR count). The Labute approximate surface area is 261 Å². The number of ether oxygens (including phenoxy) is 5. The van der Waals surface area contributed by atoms with Crippen molar-refractivity contribution < 1.29 is 59.4 Å². The van der Waals surface area contributed by atoms with Gasteiger partial charge in [0.05, 0.1) is 107 Å². The van der Waals surface area contributed by atoms with Gasteiger partial charge in [0.2, 0.25) is 0 Å². The number of aliphatic hydroxyl groups excluding tert-OH is 7. The Morgan fingerprint density at radius 1 is 0.773 bits per heavy atom. The van der Waals surface area contributed by atoms with Crippen LogP contribution in [0.25, 0.3) is 0 Å². The average Bonchev–Trinajstić information content (AvgIpc) is 3.04. The smallest absolute Gasteiger partial charge is 0.0991 e. The molecule has 0 spiro atoms. The molecule has 14 unspecified atom stereocenters. The summed E-state index contributed by atoms with van der Waals surface area (Å²) in [6.45, 7) is 1.13. The molecule has 14 atom stereocenters. The van der Waals surface area contributed by atoms with Gasteiger partial charge in [0.1, 0.15) is 0 Å². The predicted octanol–water partition coefficient (Wildman–Crippen LogP) is -3.97. The maximum absolute atomic E-state index is 11.4. The maximum Gasteiger partial charge on any atom is 0.0991 e. The minimum atomic E-state index is -1.01. The Balaban J connectivity index is 1.99. The summed E-state index contributed by atoms with van der Waals surface area (Å²) in [5.41, 5.74) is 0. The highest BCUT2D eigenvalue weighted by Gasteiger charge is 2.45. The molecule has 2 aliphatic heterocycles. The molecule has 2 saturated heterocycles. The number of hydrogen-bond donors (Lipinski definition) is 10. The molecule has 0 saturated carbocycles.